The minimum absolute atomic E-state index is 0.287. The summed E-state index contributed by atoms with van der Waals surface area (Å²) in [6.45, 7) is 1.31. The molecule has 0 bridgehead atoms. The average molecular weight is 323 g/mol. The fourth-order valence-corrected chi connectivity index (χ4v) is 4.31. The molecule has 0 fully saturated rings. The second-order valence-corrected chi connectivity index (χ2v) is 7.48. The Morgan fingerprint density at radius 3 is 2.81 bits per heavy atom. The van der Waals surface area contributed by atoms with Crippen molar-refractivity contribution in [2.75, 3.05) is 19.0 Å². The zero-order valence-electron chi connectivity index (χ0n) is 11.5. The van der Waals surface area contributed by atoms with Crippen molar-refractivity contribution in [3.63, 3.8) is 0 Å². The molecule has 2 heterocycles. The third-order valence-electron chi connectivity index (χ3n) is 3.25. The van der Waals surface area contributed by atoms with E-state index in [2.05, 4.69) is 0 Å². The molecule has 1 aromatic carbocycles. The topological polar surface area (TPSA) is 61.6 Å². The van der Waals surface area contributed by atoms with Gasteiger partial charge in [0.1, 0.15) is 0 Å². The summed E-state index contributed by atoms with van der Waals surface area (Å²) in [6.07, 6.45) is 0.873. The first-order chi connectivity index (χ1) is 10.2. The maximum Gasteiger partial charge on any atom is 0.161 e. The van der Waals surface area contributed by atoms with Gasteiger partial charge in [0.15, 0.2) is 11.5 Å². The van der Waals surface area contributed by atoms with Gasteiger partial charge < -0.3 is 15.2 Å². The van der Waals surface area contributed by atoms with Crippen LogP contribution < -0.4 is 15.2 Å². The van der Waals surface area contributed by atoms with Crippen molar-refractivity contribution in [3.8, 4) is 11.5 Å². The zero-order chi connectivity index (χ0) is 14.7. The van der Waals surface area contributed by atoms with Gasteiger partial charge in [0, 0.05) is 18.2 Å². The van der Waals surface area contributed by atoms with Crippen molar-refractivity contribution in [2.45, 2.75) is 16.7 Å². The smallest absolute Gasteiger partial charge is 0.161 e. The van der Waals surface area contributed by atoms with Crippen LogP contribution >= 0.6 is 11.3 Å². The third kappa shape index (κ3) is 3.45. The van der Waals surface area contributed by atoms with Crippen LogP contribution in [0.15, 0.2) is 39.9 Å². The second kappa shape index (κ2) is 6.60. The summed E-state index contributed by atoms with van der Waals surface area (Å²) in [5.41, 5.74) is 7.11. The molecular formula is C15H17NO3S2. The van der Waals surface area contributed by atoms with Crippen LogP contribution in [-0.4, -0.2) is 23.2 Å². The van der Waals surface area contributed by atoms with Crippen LogP contribution in [0.2, 0.25) is 0 Å². The Kier molecular flexibility index (Phi) is 4.57. The molecule has 1 aliphatic heterocycles. The summed E-state index contributed by atoms with van der Waals surface area (Å²) in [6, 6.07) is 9.19. The summed E-state index contributed by atoms with van der Waals surface area (Å²) in [7, 11) is -1.07. The highest BCUT2D eigenvalue weighted by molar-refractivity contribution is 7.87. The lowest BCUT2D eigenvalue weighted by Crippen LogP contribution is -2.18. The molecule has 2 atom stereocenters. The van der Waals surface area contributed by atoms with Gasteiger partial charge in [-0.1, -0.05) is 12.1 Å². The molecule has 0 amide bonds. The fourth-order valence-electron chi connectivity index (χ4n) is 2.14. The molecule has 112 valence electrons. The molecule has 0 saturated carbocycles. The quantitative estimate of drug-likeness (QED) is 0.940. The molecule has 1 aromatic heterocycles. The number of hydrogen-bond donors (Lipinski definition) is 1. The van der Waals surface area contributed by atoms with Gasteiger partial charge in [-0.2, -0.15) is 0 Å². The van der Waals surface area contributed by atoms with Crippen LogP contribution in [0.4, 0.5) is 0 Å². The van der Waals surface area contributed by atoms with Gasteiger partial charge in [-0.25, -0.2) is 0 Å². The lowest BCUT2D eigenvalue weighted by Gasteiger charge is -2.14. The molecule has 4 nitrogen and oxygen atoms in total. The number of benzene rings is 1. The predicted molar refractivity (Wildman–Crippen MR) is 84.6 cm³/mol. The van der Waals surface area contributed by atoms with E-state index in [0.29, 0.717) is 19.0 Å². The van der Waals surface area contributed by atoms with Gasteiger partial charge in [-0.05, 0) is 29.1 Å². The van der Waals surface area contributed by atoms with Gasteiger partial charge in [0.25, 0.3) is 0 Å². The van der Waals surface area contributed by atoms with Crippen molar-refractivity contribution < 1.29 is 13.7 Å². The lowest BCUT2D eigenvalue weighted by molar-refractivity contribution is 0.297. The van der Waals surface area contributed by atoms with E-state index in [1.165, 1.54) is 11.3 Å². The van der Waals surface area contributed by atoms with Gasteiger partial charge in [-0.15, -0.1) is 11.3 Å². The molecule has 3 rings (SSSR count). The van der Waals surface area contributed by atoms with Crippen LogP contribution in [-0.2, 0) is 10.8 Å². The van der Waals surface area contributed by atoms with E-state index >= 15 is 0 Å². The van der Waals surface area contributed by atoms with E-state index in [1.807, 2.05) is 35.7 Å². The number of nitrogens with two attached hydrogens (primary N) is 1. The second-order valence-electron chi connectivity index (χ2n) is 4.81. The van der Waals surface area contributed by atoms with E-state index in [1.54, 1.807) is 0 Å². The molecule has 0 radical (unpaired) electrons. The predicted octanol–water partition coefficient (Wildman–Crippen LogP) is 2.72. The SMILES string of the molecule is NC(CS(=O)c1cccs1)c1ccc2c(c1)OCCCO2. The van der Waals surface area contributed by atoms with E-state index in [-0.39, 0.29) is 6.04 Å². The van der Waals surface area contributed by atoms with Crippen molar-refractivity contribution >= 4 is 22.1 Å². The van der Waals surface area contributed by atoms with Gasteiger partial charge >= 0.3 is 0 Å². The van der Waals surface area contributed by atoms with Crippen molar-refractivity contribution in [1.82, 2.24) is 0 Å². The summed E-state index contributed by atoms with van der Waals surface area (Å²) in [5, 5.41) is 1.92. The minimum atomic E-state index is -1.07. The molecule has 2 aromatic rings. The van der Waals surface area contributed by atoms with Crippen LogP contribution in [0.5, 0.6) is 11.5 Å². The lowest BCUT2D eigenvalue weighted by atomic mass is 10.1. The standard InChI is InChI=1S/C15H17NO3S2/c16-12(10-21(17)15-3-1-8-20-15)11-4-5-13-14(9-11)19-7-2-6-18-13/h1,3-5,8-9,12H,2,6-7,10,16H2. The Bertz CT molecular complexity index is 628. The number of ether oxygens (including phenoxy) is 2. The number of fused-ring (bicyclic) bond motifs is 1. The van der Waals surface area contributed by atoms with E-state index in [0.717, 1.165) is 27.7 Å². The van der Waals surface area contributed by atoms with Gasteiger partial charge in [-0.3, -0.25) is 4.21 Å². The van der Waals surface area contributed by atoms with Crippen LogP contribution in [0.3, 0.4) is 0 Å². The molecule has 0 aliphatic carbocycles. The van der Waals surface area contributed by atoms with Gasteiger partial charge in [0.05, 0.1) is 28.2 Å². The van der Waals surface area contributed by atoms with Crippen LogP contribution in [0.25, 0.3) is 0 Å². The molecule has 1 aliphatic rings. The average Bonchev–Trinajstić information content (AvgIpc) is 2.92. The Morgan fingerprint density at radius 2 is 2.05 bits per heavy atom. The Morgan fingerprint density at radius 1 is 1.24 bits per heavy atom. The Labute approximate surface area is 130 Å². The molecule has 0 saturated heterocycles. The highest BCUT2D eigenvalue weighted by atomic mass is 32.2. The van der Waals surface area contributed by atoms with E-state index in [9.17, 15) is 4.21 Å². The third-order valence-corrected chi connectivity index (χ3v) is 6.00. The monoisotopic (exact) mass is 323 g/mol. The summed E-state index contributed by atoms with van der Waals surface area (Å²) in [5.74, 6) is 1.88. The maximum absolute atomic E-state index is 12.2. The van der Waals surface area contributed by atoms with Crippen LogP contribution in [0.1, 0.15) is 18.0 Å². The van der Waals surface area contributed by atoms with Gasteiger partial charge in [0.2, 0.25) is 0 Å². The van der Waals surface area contributed by atoms with Crippen molar-refractivity contribution in [2.24, 2.45) is 5.73 Å². The minimum Gasteiger partial charge on any atom is -0.490 e. The summed E-state index contributed by atoms with van der Waals surface area (Å²) < 4.78 is 24.3. The summed E-state index contributed by atoms with van der Waals surface area (Å²) in [4.78, 5) is 0. The first-order valence-electron chi connectivity index (χ1n) is 6.81. The Hall–Kier alpha value is -1.37. The maximum atomic E-state index is 12.2. The highest BCUT2D eigenvalue weighted by Gasteiger charge is 2.16. The normalized spacial score (nSPS) is 17.0. The first-order valence-corrected chi connectivity index (χ1v) is 9.01. The largest absolute Gasteiger partial charge is 0.490 e. The summed E-state index contributed by atoms with van der Waals surface area (Å²) >= 11 is 1.49. The number of thiophene rings is 1. The number of hydrogen-bond acceptors (Lipinski definition) is 5. The molecule has 2 unspecified atom stereocenters. The highest BCUT2D eigenvalue weighted by Crippen LogP contribution is 2.32. The van der Waals surface area contributed by atoms with E-state index < -0.39 is 10.8 Å². The first kappa shape index (κ1) is 14.6. The molecule has 6 heteroatoms. The fraction of sp³-hybridized carbons (Fsp3) is 0.333. The molecular weight excluding hydrogens is 306 g/mol. The van der Waals surface area contributed by atoms with Crippen molar-refractivity contribution in [1.29, 1.82) is 0 Å². The van der Waals surface area contributed by atoms with Crippen LogP contribution in [0, 0.1) is 0 Å². The molecule has 21 heavy (non-hydrogen) atoms. The zero-order valence-corrected chi connectivity index (χ0v) is 13.1. The van der Waals surface area contributed by atoms with Crippen molar-refractivity contribution in [3.05, 3.63) is 41.3 Å². The molecule has 0 spiro atoms. The number of rotatable bonds is 4. The van der Waals surface area contributed by atoms with E-state index in [4.69, 9.17) is 15.2 Å². The Balaban J connectivity index is 1.74. The molecule has 2 N–H and O–H groups in total.